The van der Waals surface area contributed by atoms with Crippen LogP contribution in [-0.4, -0.2) is 27.9 Å². The van der Waals surface area contributed by atoms with E-state index >= 15 is 0 Å². The average molecular weight is 306 g/mol. The zero-order chi connectivity index (χ0) is 12.5. The highest BCUT2D eigenvalue weighted by molar-refractivity contribution is 9.09. The minimum absolute atomic E-state index is 0.506. The van der Waals surface area contributed by atoms with Crippen LogP contribution in [0.3, 0.4) is 0 Å². The first kappa shape index (κ1) is 11.9. The first-order valence-electron chi connectivity index (χ1n) is 6.34. The van der Waals surface area contributed by atoms with Gasteiger partial charge in [-0.05, 0) is 18.4 Å². The van der Waals surface area contributed by atoms with Crippen LogP contribution in [0.25, 0.3) is 10.9 Å². The third-order valence-corrected chi connectivity index (χ3v) is 4.44. The van der Waals surface area contributed by atoms with Gasteiger partial charge in [-0.25, -0.2) is 9.97 Å². The van der Waals surface area contributed by atoms with E-state index in [1.807, 2.05) is 30.5 Å². The van der Waals surface area contributed by atoms with Crippen molar-refractivity contribution in [3.8, 4) is 0 Å². The molecule has 1 saturated heterocycles. The predicted molar refractivity (Wildman–Crippen MR) is 78.2 cm³/mol. The molecule has 0 radical (unpaired) electrons. The third kappa shape index (κ3) is 1.99. The van der Waals surface area contributed by atoms with Gasteiger partial charge < -0.3 is 4.90 Å². The Labute approximate surface area is 115 Å². The summed E-state index contributed by atoms with van der Waals surface area (Å²) in [5, 5.41) is 2.08. The van der Waals surface area contributed by atoms with E-state index in [4.69, 9.17) is 0 Å². The molecule has 1 aromatic carbocycles. The first-order valence-corrected chi connectivity index (χ1v) is 7.46. The van der Waals surface area contributed by atoms with Gasteiger partial charge in [-0.2, -0.15) is 0 Å². The molecule has 2 aromatic rings. The largest absolute Gasteiger partial charge is 0.337 e. The lowest BCUT2D eigenvalue weighted by Gasteiger charge is -2.25. The molecule has 0 spiro atoms. The zero-order valence-electron chi connectivity index (χ0n) is 10.4. The fraction of sp³-hybridized carbons (Fsp3) is 0.429. The molecule has 94 valence electrons. The summed E-state index contributed by atoms with van der Waals surface area (Å²) in [5.41, 5.74) is 1.02. The van der Waals surface area contributed by atoms with Gasteiger partial charge in [0.25, 0.3) is 0 Å². The van der Waals surface area contributed by atoms with Crippen LogP contribution in [0, 0.1) is 5.92 Å². The molecule has 0 bridgehead atoms. The lowest BCUT2D eigenvalue weighted by Crippen LogP contribution is -2.34. The monoisotopic (exact) mass is 305 g/mol. The van der Waals surface area contributed by atoms with Gasteiger partial charge in [-0.3, -0.25) is 0 Å². The standard InChI is InChI=1S/C14H16BrN3/c1-10-6-7-18(13(10)8-15)14-16-9-11-4-2-3-5-12(11)17-14/h2-5,9-10,13H,6-8H2,1H3. The average Bonchev–Trinajstić information content (AvgIpc) is 2.79. The number of aromatic nitrogens is 2. The van der Waals surface area contributed by atoms with Crippen molar-refractivity contribution in [2.24, 2.45) is 5.92 Å². The maximum atomic E-state index is 4.68. The van der Waals surface area contributed by atoms with E-state index in [0.29, 0.717) is 12.0 Å². The molecular formula is C14H16BrN3. The van der Waals surface area contributed by atoms with Gasteiger partial charge in [0, 0.05) is 29.5 Å². The summed E-state index contributed by atoms with van der Waals surface area (Å²) in [5.74, 6) is 1.56. The number of fused-ring (bicyclic) bond motifs is 1. The molecule has 1 aromatic heterocycles. The van der Waals surface area contributed by atoms with Gasteiger partial charge in [0.2, 0.25) is 5.95 Å². The Morgan fingerprint density at radius 1 is 1.39 bits per heavy atom. The fourth-order valence-electron chi connectivity index (χ4n) is 2.59. The van der Waals surface area contributed by atoms with Crippen molar-refractivity contribution < 1.29 is 0 Å². The van der Waals surface area contributed by atoms with Crippen molar-refractivity contribution in [3.05, 3.63) is 30.5 Å². The van der Waals surface area contributed by atoms with Crippen molar-refractivity contribution in [3.63, 3.8) is 0 Å². The molecule has 1 aliphatic heterocycles. The van der Waals surface area contributed by atoms with Crippen LogP contribution in [0.15, 0.2) is 30.5 Å². The lowest BCUT2D eigenvalue weighted by molar-refractivity contribution is 0.551. The Morgan fingerprint density at radius 3 is 3.06 bits per heavy atom. The molecule has 0 aliphatic carbocycles. The number of rotatable bonds is 2. The van der Waals surface area contributed by atoms with Gasteiger partial charge in [0.15, 0.2) is 0 Å². The molecule has 0 saturated carbocycles. The van der Waals surface area contributed by atoms with Crippen LogP contribution in [-0.2, 0) is 0 Å². The molecule has 3 nitrogen and oxygen atoms in total. The van der Waals surface area contributed by atoms with Crippen molar-refractivity contribution in [2.45, 2.75) is 19.4 Å². The number of para-hydroxylation sites is 1. The van der Waals surface area contributed by atoms with Crippen molar-refractivity contribution in [1.29, 1.82) is 0 Å². The molecule has 1 aliphatic rings. The number of hydrogen-bond acceptors (Lipinski definition) is 3. The molecule has 1 fully saturated rings. The van der Waals surface area contributed by atoms with Gasteiger partial charge in [0.1, 0.15) is 0 Å². The first-order chi connectivity index (χ1) is 8.79. The maximum Gasteiger partial charge on any atom is 0.226 e. The van der Waals surface area contributed by atoms with Crippen LogP contribution in [0.2, 0.25) is 0 Å². The number of halogens is 1. The highest BCUT2D eigenvalue weighted by atomic mass is 79.9. The van der Waals surface area contributed by atoms with Crippen LogP contribution in [0.4, 0.5) is 5.95 Å². The summed E-state index contributed by atoms with van der Waals surface area (Å²) < 4.78 is 0. The minimum Gasteiger partial charge on any atom is -0.337 e. The summed E-state index contributed by atoms with van der Waals surface area (Å²) in [7, 11) is 0. The molecule has 0 amide bonds. The fourth-order valence-corrected chi connectivity index (χ4v) is 3.58. The predicted octanol–water partition coefficient (Wildman–Crippen LogP) is 3.24. The van der Waals surface area contributed by atoms with Crippen LogP contribution >= 0.6 is 15.9 Å². The maximum absolute atomic E-state index is 4.68. The molecule has 2 unspecified atom stereocenters. The summed E-state index contributed by atoms with van der Waals surface area (Å²) in [6.07, 6.45) is 3.14. The van der Waals surface area contributed by atoms with E-state index in [0.717, 1.165) is 28.7 Å². The van der Waals surface area contributed by atoms with Crippen molar-refractivity contribution >= 4 is 32.8 Å². The molecule has 2 atom stereocenters. The summed E-state index contributed by atoms with van der Waals surface area (Å²) in [6.45, 7) is 3.35. The highest BCUT2D eigenvalue weighted by Crippen LogP contribution is 2.29. The Morgan fingerprint density at radius 2 is 2.22 bits per heavy atom. The minimum atomic E-state index is 0.506. The molecule has 0 N–H and O–H groups in total. The molecule has 4 heteroatoms. The number of alkyl halides is 1. The van der Waals surface area contributed by atoms with E-state index in [-0.39, 0.29) is 0 Å². The van der Waals surface area contributed by atoms with Crippen LogP contribution in [0.5, 0.6) is 0 Å². The molecular weight excluding hydrogens is 290 g/mol. The Balaban J connectivity index is 1.99. The van der Waals surface area contributed by atoms with E-state index in [1.165, 1.54) is 6.42 Å². The topological polar surface area (TPSA) is 29.0 Å². The summed E-state index contributed by atoms with van der Waals surface area (Å²) in [6, 6.07) is 8.64. The van der Waals surface area contributed by atoms with E-state index in [1.54, 1.807) is 0 Å². The van der Waals surface area contributed by atoms with E-state index < -0.39 is 0 Å². The zero-order valence-corrected chi connectivity index (χ0v) is 12.0. The normalized spacial score (nSPS) is 23.8. The van der Waals surface area contributed by atoms with E-state index in [9.17, 15) is 0 Å². The SMILES string of the molecule is CC1CCN(c2ncc3ccccc3n2)C1CBr. The smallest absolute Gasteiger partial charge is 0.226 e. The summed E-state index contributed by atoms with van der Waals surface area (Å²) in [4.78, 5) is 11.5. The van der Waals surface area contributed by atoms with Gasteiger partial charge in [-0.1, -0.05) is 41.1 Å². The van der Waals surface area contributed by atoms with Crippen LogP contribution in [0.1, 0.15) is 13.3 Å². The molecule has 18 heavy (non-hydrogen) atoms. The third-order valence-electron chi connectivity index (χ3n) is 3.77. The van der Waals surface area contributed by atoms with Crippen molar-refractivity contribution in [1.82, 2.24) is 9.97 Å². The van der Waals surface area contributed by atoms with Gasteiger partial charge >= 0.3 is 0 Å². The number of hydrogen-bond donors (Lipinski definition) is 0. The van der Waals surface area contributed by atoms with Gasteiger partial charge in [0.05, 0.1) is 5.52 Å². The lowest BCUT2D eigenvalue weighted by atomic mass is 10.1. The Bertz CT molecular complexity index is 557. The van der Waals surface area contributed by atoms with Crippen molar-refractivity contribution in [2.75, 3.05) is 16.8 Å². The number of benzene rings is 1. The molecule has 3 rings (SSSR count). The Kier molecular flexibility index (Phi) is 3.20. The Hall–Kier alpha value is -1.16. The quantitative estimate of drug-likeness (QED) is 0.798. The number of nitrogens with zero attached hydrogens (tertiary/aromatic N) is 3. The van der Waals surface area contributed by atoms with Crippen LogP contribution < -0.4 is 4.90 Å². The molecule has 2 heterocycles. The second kappa shape index (κ2) is 4.84. The van der Waals surface area contributed by atoms with Gasteiger partial charge in [-0.15, -0.1) is 0 Å². The second-order valence-corrected chi connectivity index (χ2v) is 5.56. The second-order valence-electron chi connectivity index (χ2n) is 4.91. The van der Waals surface area contributed by atoms with E-state index in [2.05, 4.69) is 37.7 Å². The highest BCUT2D eigenvalue weighted by Gasteiger charge is 2.31. The number of anilines is 1. The summed E-state index contributed by atoms with van der Waals surface area (Å²) >= 11 is 3.61.